The van der Waals surface area contributed by atoms with Gasteiger partial charge in [-0.3, -0.25) is 14.5 Å². The molecular weight excluding hydrogens is 354 g/mol. The number of ketones is 1. The third-order valence-corrected chi connectivity index (χ3v) is 6.17. The van der Waals surface area contributed by atoms with E-state index in [1.54, 1.807) is 24.3 Å². The van der Waals surface area contributed by atoms with Crippen molar-refractivity contribution < 1.29 is 14.3 Å². The standard InChI is InChI=1S/C22H33N3O3/c1-18(26)19-7-6-8-20(15-19)28-16-21(27)23-17-22(9-13-24(2)14-10-22)25-11-4-3-5-12-25/h6-8,15H,3-5,9-14,16-17H2,1-2H3,(H,23,27). The maximum atomic E-state index is 12.4. The van der Waals surface area contributed by atoms with Crippen molar-refractivity contribution in [1.82, 2.24) is 15.1 Å². The molecule has 1 aromatic carbocycles. The van der Waals surface area contributed by atoms with Crippen molar-refractivity contribution in [3.8, 4) is 5.75 Å². The fraction of sp³-hybridized carbons (Fsp3) is 0.636. The highest BCUT2D eigenvalue weighted by Gasteiger charge is 2.39. The van der Waals surface area contributed by atoms with Gasteiger partial charge in [-0.2, -0.15) is 0 Å². The van der Waals surface area contributed by atoms with Crippen LogP contribution in [0.3, 0.4) is 0 Å². The Morgan fingerprint density at radius 1 is 1.11 bits per heavy atom. The number of piperidine rings is 2. The zero-order valence-corrected chi connectivity index (χ0v) is 17.2. The lowest BCUT2D eigenvalue weighted by Crippen LogP contribution is -2.61. The van der Waals surface area contributed by atoms with Crippen molar-refractivity contribution in [3.63, 3.8) is 0 Å². The Kier molecular flexibility index (Phi) is 7.08. The molecule has 1 N–H and O–H groups in total. The number of nitrogens with one attached hydrogen (secondary N) is 1. The van der Waals surface area contributed by atoms with Crippen LogP contribution < -0.4 is 10.1 Å². The third kappa shape index (κ3) is 5.32. The minimum absolute atomic E-state index is 0.0133. The summed E-state index contributed by atoms with van der Waals surface area (Å²) in [6.07, 6.45) is 5.99. The number of hydrogen-bond donors (Lipinski definition) is 1. The van der Waals surface area contributed by atoms with Crippen LogP contribution in [0.1, 0.15) is 49.4 Å². The summed E-state index contributed by atoms with van der Waals surface area (Å²) in [4.78, 5) is 28.9. The first-order valence-corrected chi connectivity index (χ1v) is 10.4. The second kappa shape index (κ2) is 9.52. The summed E-state index contributed by atoms with van der Waals surface area (Å²) in [5.74, 6) is 0.428. The number of nitrogens with zero attached hydrogens (tertiary/aromatic N) is 2. The zero-order valence-electron chi connectivity index (χ0n) is 17.2. The molecule has 0 spiro atoms. The number of Topliss-reactive ketones (excluding diaryl/α,β-unsaturated/α-hetero) is 1. The molecule has 2 saturated heterocycles. The zero-order chi connectivity index (χ0) is 20.0. The van der Waals surface area contributed by atoms with Gasteiger partial charge >= 0.3 is 0 Å². The van der Waals surface area contributed by atoms with E-state index in [1.165, 1.54) is 26.2 Å². The number of ether oxygens (including phenoxy) is 1. The highest BCUT2D eigenvalue weighted by atomic mass is 16.5. The average Bonchev–Trinajstić information content (AvgIpc) is 2.73. The van der Waals surface area contributed by atoms with Gasteiger partial charge in [-0.1, -0.05) is 18.6 Å². The van der Waals surface area contributed by atoms with Crippen LogP contribution in [0, 0.1) is 0 Å². The van der Waals surface area contributed by atoms with Gasteiger partial charge in [0.25, 0.3) is 5.91 Å². The molecule has 0 saturated carbocycles. The van der Waals surface area contributed by atoms with Crippen molar-refractivity contribution in [2.24, 2.45) is 0 Å². The summed E-state index contributed by atoms with van der Waals surface area (Å²) in [5.41, 5.74) is 0.658. The highest BCUT2D eigenvalue weighted by molar-refractivity contribution is 5.94. The van der Waals surface area contributed by atoms with Gasteiger partial charge in [-0.15, -0.1) is 0 Å². The number of benzene rings is 1. The first-order chi connectivity index (χ1) is 13.5. The second-order valence-electron chi connectivity index (χ2n) is 8.22. The van der Waals surface area contributed by atoms with Crippen LogP contribution in [0.2, 0.25) is 0 Å². The Morgan fingerprint density at radius 2 is 1.82 bits per heavy atom. The van der Waals surface area contributed by atoms with Crippen LogP contribution >= 0.6 is 0 Å². The van der Waals surface area contributed by atoms with Crippen LogP contribution in [0.15, 0.2) is 24.3 Å². The molecule has 0 aromatic heterocycles. The van der Waals surface area contributed by atoms with Crippen molar-refractivity contribution in [2.45, 2.75) is 44.6 Å². The molecule has 0 radical (unpaired) electrons. The van der Waals surface area contributed by atoms with Crippen LogP contribution in [0.5, 0.6) is 5.75 Å². The minimum atomic E-state index is -0.108. The fourth-order valence-electron chi connectivity index (χ4n) is 4.28. The van der Waals surface area contributed by atoms with Gasteiger partial charge in [0.2, 0.25) is 0 Å². The van der Waals surface area contributed by atoms with Crippen LogP contribution in [-0.2, 0) is 4.79 Å². The SMILES string of the molecule is CC(=O)c1cccc(OCC(=O)NCC2(N3CCCCC3)CCN(C)CC2)c1. The summed E-state index contributed by atoms with van der Waals surface area (Å²) >= 11 is 0. The largest absolute Gasteiger partial charge is 0.484 e. The van der Waals surface area contributed by atoms with E-state index in [0.717, 1.165) is 39.0 Å². The molecule has 2 aliphatic rings. The molecule has 0 unspecified atom stereocenters. The van der Waals surface area contributed by atoms with Gasteiger partial charge in [0.05, 0.1) is 0 Å². The first kappa shape index (κ1) is 20.8. The Bertz CT molecular complexity index is 677. The fourth-order valence-corrected chi connectivity index (χ4v) is 4.28. The van der Waals surface area contributed by atoms with E-state index in [4.69, 9.17) is 4.74 Å². The van der Waals surface area contributed by atoms with Gasteiger partial charge in [0.1, 0.15) is 5.75 Å². The van der Waals surface area contributed by atoms with Crippen LogP contribution in [0.25, 0.3) is 0 Å². The van der Waals surface area contributed by atoms with E-state index >= 15 is 0 Å². The predicted molar refractivity (Wildman–Crippen MR) is 110 cm³/mol. The summed E-state index contributed by atoms with van der Waals surface area (Å²) in [6, 6.07) is 6.97. The molecule has 0 aliphatic carbocycles. The van der Waals surface area contributed by atoms with E-state index < -0.39 is 0 Å². The van der Waals surface area contributed by atoms with E-state index in [9.17, 15) is 9.59 Å². The molecule has 6 heteroatoms. The van der Waals surface area contributed by atoms with E-state index in [-0.39, 0.29) is 23.8 Å². The quantitative estimate of drug-likeness (QED) is 0.728. The summed E-state index contributed by atoms with van der Waals surface area (Å²) in [5, 5.41) is 3.12. The minimum Gasteiger partial charge on any atom is -0.484 e. The number of likely N-dealkylation sites (tertiary alicyclic amines) is 2. The molecule has 2 heterocycles. The van der Waals surface area contributed by atoms with Gasteiger partial charge in [0.15, 0.2) is 12.4 Å². The molecular formula is C22H33N3O3. The molecule has 6 nitrogen and oxygen atoms in total. The Hall–Kier alpha value is -1.92. The average molecular weight is 388 g/mol. The molecule has 0 bridgehead atoms. The number of amides is 1. The number of rotatable bonds is 7. The molecule has 1 aromatic rings. The maximum absolute atomic E-state index is 12.4. The van der Waals surface area contributed by atoms with E-state index in [1.807, 2.05) is 0 Å². The van der Waals surface area contributed by atoms with Gasteiger partial charge in [-0.25, -0.2) is 0 Å². The summed E-state index contributed by atoms with van der Waals surface area (Å²) < 4.78 is 5.61. The maximum Gasteiger partial charge on any atom is 0.258 e. The number of hydrogen-bond acceptors (Lipinski definition) is 5. The van der Waals surface area contributed by atoms with Crippen molar-refractivity contribution in [3.05, 3.63) is 29.8 Å². The molecule has 2 fully saturated rings. The smallest absolute Gasteiger partial charge is 0.258 e. The van der Waals surface area contributed by atoms with E-state index in [2.05, 4.69) is 22.2 Å². The third-order valence-electron chi connectivity index (χ3n) is 6.17. The monoisotopic (exact) mass is 387 g/mol. The summed E-state index contributed by atoms with van der Waals surface area (Å²) in [6.45, 7) is 6.57. The normalized spacial score (nSPS) is 20.5. The molecule has 3 rings (SSSR count). The highest BCUT2D eigenvalue weighted by Crippen LogP contribution is 2.30. The molecule has 1 amide bonds. The van der Waals surface area contributed by atoms with Gasteiger partial charge in [0, 0.05) is 17.6 Å². The molecule has 2 aliphatic heterocycles. The molecule has 28 heavy (non-hydrogen) atoms. The Labute approximate surface area is 168 Å². The lowest BCUT2D eigenvalue weighted by molar-refractivity contribution is -0.124. The van der Waals surface area contributed by atoms with E-state index in [0.29, 0.717) is 17.9 Å². The van der Waals surface area contributed by atoms with Crippen molar-refractivity contribution in [2.75, 3.05) is 46.4 Å². The second-order valence-corrected chi connectivity index (χ2v) is 8.22. The van der Waals surface area contributed by atoms with Crippen molar-refractivity contribution >= 4 is 11.7 Å². The predicted octanol–water partition coefficient (Wildman–Crippen LogP) is 2.33. The van der Waals surface area contributed by atoms with Crippen LogP contribution in [-0.4, -0.2) is 73.4 Å². The lowest BCUT2D eigenvalue weighted by Gasteiger charge is -2.50. The van der Waals surface area contributed by atoms with Gasteiger partial charge < -0.3 is 15.0 Å². The lowest BCUT2D eigenvalue weighted by atomic mass is 9.84. The van der Waals surface area contributed by atoms with Crippen LogP contribution in [0.4, 0.5) is 0 Å². The number of carbonyl (C=O) groups is 2. The van der Waals surface area contributed by atoms with Crippen molar-refractivity contribution in [1.29, 1.82) is 0 Å². The Morgan fingerprint density at radius 3 is 2.50 bits per heavy atom. The molecule has 154 valence electrons. The number of carbonyl (C=O) groups excluding carboxylic acids is 2. The van der Waals surface area contributed by atoms with Gasteiger partial charge in [-0.05, 0) is 78.0 Å². The summed E-state index contributed by atoms with van der Waals surface area (Å²) in [7, 11) is 2.17. The topological polar surface area (TPSA) is 61.9 Å². The first-order valence-electron chi connectivity index (χ1n) is 10.4. The Balaban J connectivity index is 1.54. The molecule has 0 atom stereocenters.